The number of hydrogen-bond donors (Lipinski definition) is 2. The molecule has 7 nitrogen and oxygen atoms in total. The van der Waals surface area contributed by atoms with Crippen molar-refractivity contribution in [2.75, 3.05) is 5.32 Å². The summed E-state index contributed by atoms with van der Waals surface area (Å²) >= 11 is 4.78. The van der Waals surface area contributed by atoms with Gasteiger partial charge in [0, 0.05) is 52.4 Å². The zero-order valence-electron chi connectivity index (χ0n) is 19.2. The highest BCUT2D eigenvalue weighted by atomic mass is 35.5. The molecule has 2 aromatic carbocycles. The van der Waals surface area contributed by atoms with Crippen LogP contribution in [0.4, 0.5) is 14.5 Å². The second-order valence-electron chi connectivity index (χ2n) is 8.27. The number of nitrogens with zero attached hydrogens (tertiary/aromatic N) is 3. The van der Waals surface area contributed by atoms with Gasteiger partial charge in [0.25, 0.3) is 5.91 Å². The highest BCUT2D eigenvalue weighted by molar-refractivity contribution is 6.20. The maximum absolute atomic E-state index is 13.1. The number of amides is 1. The predicted molar refractivity (Wildman–Crippen MR) is 130 cm³/mol. The average molecular weight is 501 g/mol. The molecule has 1 amide bonds. The summed E-state index contributed by atoms with van der Waals surface area (Å²) in [5.41, 5.74) is -0.266. The molecule has 0 spiro atoms. The van der Waals surface area contributed by atoms with Crippen LogP contribution in [0.25, 0.3) is 22.2 Å². The van der Waals surface area contributed by atoms with Crippen LogP contribution in [0, 0.1) is 0 Å². The number of carbonyl (C=O) groups excluding carboxylic acids is 1. The van der Waals surface area contributed by atoms with E-state index < -0.39 is 17.6 Å². The van der Waals surface area contributed by atoms with Gasteiger partial charge in [0.1, 0.15) is 17.7 Å². The minimum atomic E-state index is -3.83. The lowest BCUT2D eigenvalue weighted by Gasteiger charge is -2.17. The molecule has 0 saturated heterocycles. The number of rotatable bonds is 7. The van der Waals surface area contributed by atoms with Crippen molar-refractivity contribution in [1.82, 2.24) is 14.5 Å². The number of aromatic nitrogens is 3. The van der Waals surface area contributed by atoms with Gasteiger partial charge in [-0.3, -0.25) is 9.78 Å². The fourth-order valence-corrected chi connectivity index (χ4v) is 3.97. The lowest BCUT2D eigenvalue weighted by atomic mass is 10.0. The average Bonchev–Trinajstić information content (AvgIpc) is 3.20. The van der Waals surface area contributed by atoms with Gasteiger partial charge in [-0.2, -0.15) is 0 Å². The van der Waals surface area contributed by atoms with Crippen molar-refractivity contribution in [3.8, 4) is 16.9 Å². The molecule has 0 saturated carbocycles. The van der Waals surface area contributed by atoms with Crippen molar-refractivity contribution in [2.24, 2.45) is 0 Å². The third kappa shape index (κ3) is 5.41. The van der Waals surface area contributed by atoms with Crippen LogP contribution in [-0.4, -0.2) is 31.1 Å². The van der Waals surface area contributed by atoms with Crippen LogP contribution in [0.2, 0.25) is 0 Å². The molecule has 2 aromatic heterocycles. The molecule has 182 valence electrons. The summed E-state index contributed by atoms with van der Waals surface area (Å²) in [5.74, 6) is -0.0800. The van der Waals surface area contributed by atoms with Crippen molar-refractivity contribution >= 4 is 34.2 Å². The standard InChI is InChI=1S/C25H23ClF2N4O3/c1-14(2)32-22-20(16-5-4-10-29-13-16)11-17(12-21(22)31-23(32)15(3)33)24(34)30-18-6-8-19(9-7-18)35-25(26,27)28/h4-15,33H,1-3H3,(H,30,34)/t15-/m0/s1. The first-order valence-corrected chi connectivity index (χ1v) is 11.2. The highest BCUT2D eigenvalue weighted by Gasteiger charge is 2.27. The highest BCUT2D eigenvalue weighted by Crippen LogP contribution is 2.34. The number of aliphatic hydroxyl groups excluding tert-OH is 1. The molecule has 0 unspecified atom stereocenters. The molecule has 35 heavy (non-hydrogen) atoms. The van der Waals surface area contributed by atoms with E-state index in [2.05, 4.69) is 20.0 Å². The quantitative estimate of drug-likeness (QED) is 0.297. The molecule has 4 rings (SSSR count). The topological polar surface area (TPSA) is 89.3 Å². The van der Waals surface area contributed by atoms with Crippen LogP contribution in [-0.2, 0) is 0 Å². The molecule has 0 aliphatic heterocycles. The van der Waals surface area contributed by atoms with E-state index in [1.165, 1.54) is 24.3 Å². The monoisotopic (exact) mass is 500 g/mol. The van der Waals surface area contributed by atoms with Gasteiger partial charge in [0.2, 0.25) is 0 Å². The Bertz CT molecular complexity index is 1350. The van der Waals surface area contributed by atoms with Gasteiger partial charge >= 0.3 is 5.57 Å². The van der Waals surface area contributed by atoms with Gasteiger partial charge in [-0.1, -0.05) is 6.07 Å². The molecule has 1 atom stereocenters. The lowest BCUT2D eigenvalue weighted by Crippen LogP contribution is -2.16. The molecule has 2 heterocycles. The number of aliphatic hydroxyl groups is 1. The van der Waals surface area contributed by atoms with Crippen molar-refractivity contribution in [3.05, 3.63) is 72.3 Å². The van der Waals surface area contributed by atoms with Crippen molar-refractivity contribution in [1.29, 1.82) is 0 Å². The molecule has 2 N–H and O–H groups in total. The third-order valence-electron chi connectivity index (χ3n) is 5.28. The van der Waals surface area contributed by atoms with Gasteiger partial charge in [0.15, 0.2) is 0 Å². The molecule has 0 fully saturated rings. The summed E-state index contributed by atoms with van der Waals surface area (Å²) in [6.07, 6.45) is 2.54. The Kier molecular flexibility index (Phi) is 6.73. The number of benzene rings is 2. The number of fused-ring (bicyclic) bond motifs is 1. The SMILES string of the molecule is CC(C)n1c([C@H](C)O)nc2cc(C(=O)Nc3ccc(OC(F)(F)Cl)cc3)cc(-c3cccnc3)c21. The summed E-state index contributed by atoms with van der Waals surface area (Å²) < 4.78 is 31.9. The maximum atomic E-state index is 13.1. The molecule has 0 bridgehead atoms. The minimum Gasteiger partial charge on any atom is -0.420 e. The first kappa shape index (κ1) is 24.6. The Balaban J connectivity index is 1.76. The number of carbonyl (C=O) groups is 1. The third-order valence-corrected chi connectivity index (χ3v) is 5.36. The van der Waals surface area contributed by atoms with Gasteiger partial charge in [-0.25, -0.2) is 4.98 Å². The number of halogens is 3. The molecular formula is C25H23ClF2N4O3. The van der Waals surface area contributed by atoms with E-state index in [0.29, 0.717) is 22.6 Å². The molecule has 4 aromatic rings. The van der Waals surface area contributed by atoms with E-state index in [-0.39, 0.29) is 11.8 Å². The minimum absolute atomic E-state index is 0.000737. The summed E-state index contributed by atoms with van der Waals surface area (Å²) in [5, 5.41) is 13.1. The van der Waals surface area contributed by atoms with Gasteiger partial charge in [0.05, 0.1) is 11.0 Å². The first-order valence-electron chi connectivity index (χ1n) is 10.8. The van der Waals surface area contributed by atoms with Gasteiger partial charge in [-0.05, 0) is 63.2 Å². The Morgan fingerprint density at radius 2 is 1.89 bits per heavy atom. The van der Waals surface area contributed by atoms with Crippen LogP contribution in [0.15, 0.2) is 60.9 Å². The summed E-state index contributed by atoms with van der Waals surface area (Å²) in [4.78, 5) is 22.0. The van der Waals surface area contributed by atoms with E-state index in [1.54, 1.807) is 37.5 Å². The number of imidazole rings is 1. The largest absolute Gasteiger partial charge is 0.487 e. The zero-order chi connectivity index (χ0) is 25.3. The van der Waals surface area contributed by atoms with Crippen LogP contribution < -0.4 is 10.1 Å². The maximum Gasteiger partial charge on any atom is 0.487 e. The Morgan fingerprint density at radius 1 is 1.17 bits per heavy atom. The Labute approximate surface area is 205 Å². The second kappa shape index (κ2) is 9.59. The lowest BCUT2D eigenvalue weighted by molar-refractivity contribution is -0.0964. The molecular weight excluding hydrogens is 478 g/mol. The van der Waals surface area contributed by atoms with Crippen LogP contribution in [0.3, 0.4) is 0 Å². The van der Waals surface area contributed by atoms with Gasteiger partial charge in [-0.15, -0.1) is 8.78 Å². The first-order chi connectivity index (χ1) is 16.5. The molecule has 0 radical (unpaired) electrons. The Hall–Kier alpha value is -3.56. The summed E-state index contributed by atoms with van der Waals surface area (Å²) in [6.45, 7) is 5.63. The number of anilines is 1. The van der Waals surface area contributed by atoms with Crippen LogP contribution >= 0.6 is 11.6 Å². The number of pyridine rings is 1. The number of hydrogen-bond acceptors (Lipinski definition) is 5. The smallest absolute Gasteiger partial charge is 0.420 e. The van der Waals surface area contributed by atoms with E-state index in [0.717, 1.165) is 16.6 Å². The number of nitrogens with one attached hydrogen (secondary N) is 1. The second-order valence-corrected chi connectivity index (χ2v) is 8.71. The summed E-state index contributed by atoms with van der Waals surface area (Å²) in [7, 11) is 0. The van der Waals surface area contributed by atoms with E-state index in [9.17, 15) is 18.7 Å². The molecule has 0 aliphatic rings. The molecule has 0 aliphatic carbocycles. The van der Waals surface area contributed by atoms with Crippen molar-refractivity contribution in [2.45, 2.75) is 38.5 Å². The van der Waals surface area contributed by atoms with Crippen LogP contribution in [0.5, 0.6) is 5.75 Å². The van der Waals surface area contributed by atoms with Crippen LogP contribution in [0.1, 0.15) is 49.1 Å². The fraction of sp³-hybridized carbons (Fsp3) is 0.240. The van der Waals surface area contributed by atoms with E-state index >= 15 is 0 Å². The van der Waals surface area contributed by atoms with Gasteiger partial charge < -0.3 is 19.7 Å². The predicted octanol–water partition coefficient (Wildman–Crippen LogP) is 6.15. The van der Waals surface area contributed by atoms with Crippen molar-refractivity contribution in [3.63, 3.8) is 0 Å². The number of ether oxygens (including phenoxy) is 1. The normalized spacial score (nSPS) is 12.7. The van der Waals surface area contributed by atoms with Crippen molar-refractivity contribution < 1.29 is 23.4 Å². The summed E-state index contributed by atoms with van der Waals surface area (Å²) in [6, 6.07) is 12.5. The number of alkyl halides is 3. The van der Waals surface area contributed by atoms with E-state index in [1.807, 2.05) is 24.5 Å². The molecule has 10 heteroatoms. The zero-order valence-corrected chi connectivity index (χ0v) is 19.9. The fourth-order valence-electron chi connectivity index (χ4n) is 3.88. The van der Waals surface area contributed by atoms with E-state index in [4.69, 9.17) is 11.6 Å². The Morgan fingerprint density at radius 3 is 2.46 bits per heavy atom.